The molecule has 0 aliphatic carbocycles. The average Bonchev–Trinajstić information content (AvgIpc) is 3.20. The maximum Gasteiger partial charge on any atom is 0.257 e. The van der Waals surface area contributed by atoms with E-state index in [-0.39, 0.29) is 24.2 Å². The second-order valence-corrected chi connectivity index (χ2v) is 12.9. The maximum absolute atomic E-state index is 12.9. The van der Waals surface area contributed by atoms with E-state index in [0.717, 1.165) is 22.3 Å². The Bertz CT molecular complexity index is 1780. The van der Waals surface area contributed by atoms with E-state index in [2.05, 4.69) is 10.6 Å². The molecule has 0 spiro atoms. The van der Waals surface area contributed by atoms with Gasteiger partial charge in [-0.05, 0) is 46.6 Å². The van der Waals surface area contributed by atoms with Crippen LogP contribution in [0, 0.1) is 0 Å². The van der Waals surface area contributed by atoms with Gasteiger partial charge < -0.3 is 29.0 Å². The minimum Gasteiger partial charge on any atom is -0.374 e. The van der Waals surface area contributed by atoms with Crippen LogP contribution in [0.15, 0.2) is 152 Å². The van der Waals surface area contributed by atoms with Crippen LogP contribution in [0.1, 0.15) is 32.6 Å². The van der Waals surface area contributed by atoms with Crippen LogP contribution in [-0.4, -0.2) is 54.7 Å². The van der Waals surface area contributed by atoms with Gasteiger partial charge >= 0.3 is 0 Å². The van der Waals surface area contributed by atoms with E-state index in [1.165, 1.54) is 0 Å². The fourth-order valence-corrected chi connectivity index (χ4v) is 6.23. The first-order valence-corrected chi connectivity index (χ1v) is 17.9. The third kappa shape index (κ3) is 11.1. The quantitative estimate of drug-likeness (QED) is 0.105. The highest BCUT2D eigenvalue weighted by Gasteiger charge is 2.48. The lowest BCUT2D eigenvalue weighted by Gasteiger charge is -2.46. The lowest BCUT2D eigenvalue weighted by molar-refractivity contribution is -0.271. The van der Waals surface area contributed by atoms with E-state index in [4.69, 9.17) is 35.9 Å². The molecule has 1 fully saturated rings. The van der Waals surface area contributed by atoms with Gasteiger partial charge in [0.2, 0.25) is 0 Å². The van der Waals surface area contributed by atoms with Crippen LogP contribution in [0.25, 0.3) is 0 Å². The molecule has 0 aromatic heterocycles. The van der Waals surface area contributed by atoms with Gasteiger partial charge in [0.1, 0.15) is 30.5 Å². The van der Waals surface area contributed by atoms with Crippen LogP contribution in [0.3, 0.4) is 0 Å². The molecular weight excluding hydrogens is 673 g/mol. The molecule has 6 rings (SSSR count). The molecule has 52 heavy (non-hydrogen) atoms. The van der Waals surface area contributed by atoms with Gasteiger partial charge in [-0.2, -0.15) is 0 Å². The molecule has 2 N–H and O–H groups in total. The summed E-state index contributed by atoms with van der Waals surface area (Å²) in [5.41, 5.74) is 4.62. The SMILES string of the molecule is O=C(NC(=S)NCC1O[C@H](COCc2ccccc2)[C@@H](OCc2ccccc2)[C@H](OCc2ccccc2)[C@@H]1OCc1ccccc1)c1ccccc1. The zero-order chi connectivity index (χ0) is 35.8. The molecule has 5 aromatic rings. The van der Waals surface area contributed by atoms with Gasteiger partial charge in [0.25, 0.3) is 5.91 Å². The fourth-order valence-electron chi connectivity index (χ4n) is 6.05. The Kier molecular flexibility index (Phi) is 14.1. The molecule has 1 aliphatic heterocycles. The van der Waals surface area contributed by atoms with Crippen LogP contribution >= 0.6 is 12.2 Å². The van der Waals surface area contributed by atoms with Gasteiger partial charge in [-0.1, -0.05) is 140 Å². The van der Waals surface area contributed by atoms with Gasteiger partial charge in [-0.3, -0.25) is 10.1 Å². The van der Waals surface area contributed by atoms with E-state index in [1.807, 2.05) is 140 Å². The Labute approximate surface area is 311 Å². The Morgan fingerprint density at radius 2 is 0.942 bits per heavy atom. The van der Waals surface area contributed by atoms with Crippen LogP contribution < -0.4 is 10.6 Å². The molecule has 1 heterocycles. The molecule has 0 bridgehead atoms. The Balaban J connectivity index is 1.27. The lowest BCUT2D eigenvalue weighted by Crippen LogP contribution is -2.63. The summed E-state index contributed by atoms with van der Waals surface area (Å²) in [7, 11) is 0. The monoisotopic (exact) mass is 716 g/mol. The summed E-state index contributed by atoms with van der Waals surface area (Å²) in [4.78, 5) is 12.9. The first kappa shape index (κ1) is 37.0. The predicted octanol–water partition coefficient (Wildman–Crippen LogP) is 7.03. The molecule has 9 heteroatoms. The molecule has 0 saturated carbocycles. The van der Waals surface area contributed by atoms with Crippen LogP contribution in [0.5, 0.6) is 0 Å². The number of benzene rings is 5. The summed E-state index contributed by atoms with van der Waals surface area (Å²) in [6.45, 7) is 1.90. The number of hydrogen-bond acceptors (Lipinski definition) is 7. The molecule has 1 aliphatic rings. The number of nitrogens with one attached hydrogen (secondary N) is 2. The molecule has 1 saturated heterocycles. The van der Waals surface area contributed by atoms with Crippen molar-refractivity contribution in [3.05, 3.63) is 179 Å². The molecule has 5 atom stereocenters. The summed E-state index contributed by atoms with van der Waals surface area (Å²) < 4.78 is 33.4. The summed E-state index contributed by atoms with van der Waals surface area (Å²) >= 11 is 5.58. The largest absolute Gasteiger partial charge is 0.374 e. The first-order chi connectivity index (χ1) is 25.6. The zero-order valence-corrected chi connectivity index (χ0v) is 29.7. The number of carbonyl (C=O) groups is 1. The number of thiocarbonyl (C=S) groups is 1. The van der Waals surface area contributed by atoms with Crippen molar-refractivity contribution in [1.29, 1.82) is 0 Å². The zero-order valence-electron chi connectivity index (χ0n) is 28.9. The third-order valence-corrected chi connectivity index (χ3v) is 8.95. The number of amides is 1. The Morgan fingerprint density at radius 3 is 1.42 bits per heavy atom. The van der Waals surface area contributed by atoms with Crippen LogP contribution in [-0.2, 0) is 50.1 Å². The number of hydrogen-bond donors (Lipinski definition) is 2. The van der Waals surface area contributed by atoms with E-state index >= 15 is 0 Å². The molecule has 268 valence electrons. The minimum atomic E-state index is -0.588. The highest BCUT2D eigenvalue weighted by atomic mass is 32.1. The van der Waals surface area contributed by atoms with Crippen molar-refractivity contribution in [2.45, 2.75) is 56.9 Å². The van der Waals surface area contributed by atoms with Crippen molar-refractivity contribution in [2.75, 3.05) is 13.2 Å². The molecular formula is C43H44N2O6S. The smallest absolute Gasteiger partial charge is 0.257 e. The molecule has 8 nitrogen and oxygen atoms in total. The summed E-state index contributed by atoms with van der Waals surface area (Å²) in [5.74, 6) is -0.301. The minimum absolute atomic E-state index is 0.181. The standard InChI is InChI=1S/C43H44N2O6S/c46-42(36-24-14-5-15-25-36)45-43(52)44-26-37-39(48-28-33-18-8-2-9-19-33)41(50-30-35-22-12-4-13-23-35)40(49-29-34-20-10-3-11-21-34)38(51-37)31-47-27-32-16-6-1-7-17-32/h1-25,37-41H,26-31H2,(H2,44,45,46,52)/t37?,38-,39-,40-,41-/m1/s1. The average molecular weight is 717 g/mol. The fraction of sp³-hybridized carbons (Fsp3) is 0.256. The van der Waals surface area contributed by atoms with Crippen molar-refractivity contribution in [1.82, 2.24) is 10.6 Å². The number of rotatable bonds is 16. The van der Waals surface area contributed by atoms with Crippen molar-refractivity contribution >= 4 is 23.2 Å². The van der Waals surface area contributed by atoms with E-state index in [0.29, 0.717) is 32.0 Å². The summed E-state index contributed by atoms with van der Waals surface area (Å²) in [6.07, 6.45) is -2.79. The lowest BCUT2D eigenvalue weighted by atomic mass is 9.93. The van der Waals surface area contributed by atoms with E-state index < -0.39 is 30.5 Å². The van der Waals surface area contributed by atoms with E-state index in [1.54, 1.807) is 12.1 Å². The van der Waals surface area contributed by atoms with Crippen LogP contribution in [0.2, 0.25) is 0 Å². The molecule has 1 unspecified atom stereocenters. The number of ether oxygens (including phenoxy) is 5. The topological polar surface area (TPSA) is 87.3 Å². The van der Waals surface area contributed by atoms with Gasteiger partial charge in [0.05, 0.1) is 33.0 Å². The summed E-state index contributed by atoms with van der Waals surface area (Å²) in [6, 6.07) is 49.0. The second-order valence-electron chi connectivity index (χ2n) is 12.5. The first-order valence-electron chi connectivity index (χ1n) is 17.5. The highest BCUT2D eigenvalue weighted by molar-refractivity contribution is 7.80. The maximum atomic E-state index is 12.9. The van der Waals surface area contributed by atoms with Crippen molar-refractivity contribution in [3.63, 3.8) is 0 Å². The second kappa shape index (κ2) is 19.8. The summed E-state index contributed by atoms with van der Waals surface area (Å²) in [5, 5.41) is 6.17. The number of carbonyl (C=O) groups excluding carboxylic acids is 1. The van der Waals surface area contributed by atoms with Crippen molar-refractivity contribution in [3.8, 4) is 0 Å². The van der Waals surface area contributed by atoms with Gasteiger partial charge in [0, 0.05) is 12.1 Å². The predicted molar refractivity (Wildman–Crippen MR) is 204 cm³/mol. The van der Waals surface area contributed by atoms with Crippen molar-refractivity contribution in [2.24, 2.45) is 0 Å². The van der Waals surface area contributed by atoms with Crippen LogP contribution in [0.4, 0.5) is 0 Å². The van der Waals surface area contributed by atoms with E-state index in [9.17, 15) is 4.79 Å². The Morgan fingerprint density at radius 1 is 0.538 bits per heavy atom. The normalized spacial score (nSPS) is 19.8. The molecule has 5 aromatic carbocycles. The molecule has 1 amide bonds. The van der Waals surface area contributed by atoms with Crippen molar-refractivity contribution < 1.29 is 28.5 Å². The van der Waals surface area contributed by atoms with Gasteiger partial charge in [-0.25, -0.2) is 0 Å². The third-order valence-electron chi connectivity index (χ3n) is 8.71. The van der Waals surface area contributed by atoms with Gasteiger partial charge in [-0.15, -0.1) is 0 Å². The Hall–Kier alpha value is -4.74. The van der Waals surface area contributed by atoms with Gasteiger partial charge in [0.15, 0.2) is 5.11 Å². The highest BCUT2D eigenvalue weighted by Crippen LogP contribution is 2.31. The molecule has 0 radical (unpaired) electrons.